The third-order valence-corrected chi connectivity index (χ3v) is 5.28. The largest absolute Gasteiger partial charge is 0.508 e. The molecule has 0 saturated heterocycles. The summed E-state index contributed by atoms with van der Waals surface area (Å²) in [6.07, 6.45) is 1.38. The lowest BCUT2D eigenvalue weighted by Gasteiger charge is -2.29. The van der Waals surface area contributed by atoms with E-state index >= 15 is 0 Å². The summed E-state index contributed by atoms with van der Waals surface area (Å²) < 4.78 is 5.51. The number of carbonyl (C=O) groups excluding carboxylic acids is 1. The molecule has 4 N–H and O–H groups in total. The summed E-state index contributed by atoms with van der Waals surface area (Å²) in [5.74, 6) is -0.553. The van der Waals surface area contributed by atoms with Gasteiger partial charge in [-0.2, -0.15) is 0 Å². The molecule has 158 valence electrons. The molecule has 1 heterocycles. The molecule has 0 saturated carbocycles. The highest BCUT2D eigenvalue weighted by Crippen LogP contribution is 2.38. The molecule has 0 aliphatic rings. The number of hydrogen-bond acceptors (Lipinski definition) is 5. The molecule has 0 fully saturated rings. The number of aromatic amines is 1. The van der Waals surface area contributed by atoms with E-state index in [1.165, 1.54) is 12.3 Å². The number of rotatable bonds is 4. The SMILES string of the molecule is CC(C)(C)c1cc(C(C)(C)COC(=O)c2c[nH]c3ccccc3c2=O)c(N)cc1O. The Labute approximate surface area is 175 Å². The summed E-state index contributed by atoms with van der Waals surface area (Å²) in [7, 11) is 0. The maximum absolute atomic E-state index is 12.6. The van der Waals surface area contributed by atoms with Crippen molar-refractivity contribution in [1.29, 1.82) is 0 Å². The summed E-state index contributed by atoms with van der Waals surface area (Å²) in [6.45, 7) is 9.83. The van der Waals surface area contributed by atoms with Gasteiger partial charge >= 0.3 is 5.97 Å². The van der Waals surface area contributed by atoms with Crippen molar-refractivity contribution in [2.75, 3.05) is 12.3 Å². The molecule has 0 atom stereocenters. The number of phenols is 1. The second kappa shape index (κ2) is 7.52. The number of nitrogens with one attached hydrogen (secondary N) is 1. The molecule has 3 aromatic rings. The van der Waals surface area contributed by atoms with Crippen LogP contribution in [0.4, 0.5) is 5.69 Å². The summed E-state index contributed by atoms with van der Waals surface area (Å²) >= 11 is 0. The molecule has 1 aromatic heterocycles. The number of hydrogen-bond donors (Lipinski definition) is 3. The molecule has 0 amide bonds. The van der Waals surface area contributed by atoms with Gasteiger partial charge in [-0.1, -0.05) is 46.8 Å². The first-order valence-electron chi connectivity index (χ1n) is 9.83. The van der Waals surface area contributed by atoms with E-state index < -0.39 is 11.4 Å². The van der Waals surface area contributed by atoms with Gasteiger partial charge in [0.15, 0.2) is 0 Å². The lowest BCUT2D eigenvalue weighted by atomic mass is 9.78. The molecule has 6 nitrogen and oxygen atoms in total. The number of ether oxygens (including phenoxy) is 1. The van der Waals surface area contributed by atoms with E-state index in [1.54, 1.807) is 18.2 Å². The minimum absolute atomic E-state index is 0.0245. The van der Waals surface area contributed by atoms with Gasteiger partial charge in [-0.15, -0.1) is 0 Å². The van der Waals surface area contributed by atoms with Gasteiger partial charge in [-0.05, 0) is 34.7 Å². The van der Waals surface area contributed by atoms with Crippen LogP contribution in [-0.2, 0) is 15.6 Å². The number of nitrogens with two attached hydrogens (primary N) is 1. The van der Waals surface area contributed by atoms with E-state index in [9.17, 15) is 14.7 Å². The Bertz CT molecular complexity index is 1170. The van der Waals surface area contributed by atoms with Crippen LogP contribution in [0.2, 0.25) is 0 Å². The van der Waals surface area contributed by atoms with Crippen LogP contribution < -0.4 is 11.2 Å². The van der Waals surface area contributed by atoms with Gasteiger partial charge in [0.25, 0.3) is 0 Å². The molecule has 30 heavy (non-hydrogen) atoms. The average Bonchev–Trinajstić information content (AvgIpc) is 2.65. The maximum Gasteiger partial charge on any atom is 0.343 e. The molecule has 6 heteroatoms. The third kappa shape index (κ3) is 4.03. The summed E-state index contributed by atoms with van der Waals surface area (Å²) in [5, 5.41) is 10.7. The molecule has 2 aromatic carbocycles. The fraction of sp³-hybridized carbons (Fsp3) is 0.333. The first-order chi connectivity index (χ1) is 13.9. The number of carbonyl (C=O) groups is 1. The van der Waals surface area contributed by atoms with Crippen molar-refractivity contribution in [3.05, 3.63) is 69.5 Å². The van der Waals surface area contributed by atoms with Crippen LogP contribution in [0.25, 0.3) is 10.9 Å². The fourth-order valence-electron chi connectivity index (χ4n) is 3.51. The number of aromatic nitrogens is 1. The first kappa shape index (κ1) is 21.4. The number of phenolic OH excluding ortho intramolecular Hbond substituents is 1. The number of pyridine rings is 1. The minimum atomic E-state index is -0.691. The lowest BCUT2D eigenvalue weighted by molar-refractivity contribution is 0.0425. The van der Waals surface area contributed by atoms with E-state index in [0.717, 1.165) is 11.1 Å². The van der Waals surface area contributed by atoms with E-state index in [1.807, 2.05) is 46.8 Å². The van der Waals surface area contributed by atoms with Gasteiger partial charge < -0.3 is 20.6 Å². The quantitative estimate of drug-likeness (QED) is 0.442. The molecule has 0 aliphatic carbocycles. The second-order valence-electron chi connectivity index (χ2n) is 9.24. The molecule has 0 unspecified atom stereocenters. The highest BCUT2D eigenvalue weighted by atomic mass is 16.5. The van der Waals surface area contributed by atoms with Gasteiger partial charge in [-0.3, -0.25) is 4.79 Å². The van der Waals surface area contributed by atoms with Crippen LogP contribution in [0.3, 0.4) is 0 Å². The maximum atomic E-state index is 12.6. The number of fused-ring (bicyclic) bond motifs is 1. The van der Waals surface area contributed by atoms with Gasteiger partial charge in [0, 0.05) is 34.3 Å². The van der Waals surface area contributed by atoms with Crippen LogP contribution in [0.15, 0.2) is 47.4 Å². The van der Waals surface area contributed by atoms with Crippen LogP contribution in [0.1, 0.15) is 56.1 Å². The van der Waals surface area contributed by atoms with Crippen molar-refractivity contribution in [2.24, 2.45) is 0 Å². The van der Waals surface area contributed by atoms with Gasteiger partial charge in [0.1, 0.15) is 17.9 Å². The number of H-pyrrole nitrogens is 1. The third-order valence-electron chi connectivity index (χ3n) is 5.28. The Morgan fingerprint density at radius 1 is 1.10 bits per heavy atom. The van der Waals surface area contributed by atoms with Crippen molar-refractivity contribution in [2.45, 2.75) is 45.4 Å². The van der Waals surface area contributed by atoms with E-state index in [0.29, 0.717) is 16.6 Å². The summed E-state index contributed by atoms with van der Waals surface area (Å²) in [5.41, 5.74) is 7.46. The van der Waals surface area contributed by atoms with Crippen LogP contribution in [-0.4, -0.2) is 22.7 Å². The molecular formula is C24H28N2O4. The number of aromatic hydroxyl groups is 1. The Kier molecular flexibility index (Phi) is 5.37. The Morgan fingerprint density at radius 3 is 2.43 bits per heavy atom. The zero-order valence-electron chi connectivity index (χ0n) is 18.0. The van der Waals surface area contributed by atoms with Crippen molar-refractivity contribution in [3.63, 3.8) is 0 Å². The Hall–Kier alpha value is -3.28. The summed E-state index contributed by atoms with van der Waals surface area (Å²) in [6, 6.07) is 10.4. The topological polar surface area (TPSA) is 105 Å². The van der Waals surface area contributed by atoms with Crippen LogP contribution >= 0.6 is 0 Å². The zero-order valence-corrected chi connectivity index (χ0v) is 18.0. The second-order valence-corrected chi connectivity index (χ2v) is 9.24. The first-order valence-corrected chi connectivity index (χ1v) is 9.83. The highest BCUT2D eigenvalue weighted by Gasteiger charge is 2.29. The number of benzene rings is 2. The monoisotopic (exact) mass is 408 g/mol. The normalized spacial score (nSPS) is 12.2. The molecule has 3 rings (SSSR count). The van der Waals surface area contributed by atoms with E-state index in [-0.39, 0.29) is 28.8 Å². The molecular weight excluding hydrogens is 380 g/mol. The molecule has 0 aliphatic heterocycles. The fourth-order valence-corrected chi connectivity index (χ4v) is 3.51. The molecule has 0 bridgehead atoms. The standard InChI is InChI=1S/C24H28N2O4/c1-23(2,3)17-10-16(18(25)11-20(17)27)24(4,5)13-30-22(29)15-12-26-19-9-7-6-8-14(19)21(15)28/h6-12,27H,13,25H2,1-5H3,(H,26,28). The Balaban J connectivity index is 1.87. The number of esters is 1. The zero-order chi connectivity index (χ0) is 22.3. The van der Waals surface area contributed by atoms with Crippen molar-refractivity contribution >= 4 is 22.6 Å². The van der Waals surface area contributed by atoms with Crippen LogP contribution in [0.5, 0.6) is 5.75 Å². The van der Waals surface area contributed by atoms with Gasteiger partial charge in [-0.25, -0.2) is 4.79 Å². The van der Waals surface area contributed by atoms with Crippen molar-refractivity contribution in [1.82, 2.24) is 4.98 Å². The van der Waals surface area contributed by atoms with Gasteiger partial charge in [0.05, 0.1) is 0 Å². The van der Waals surface area contributed by atoms with E-state index in [2.05, 4.69) is 4.98 Å². The summed E-state index contributed by atoms with van der Waals surface area (Å²) in [4.78, 5) is 28.2. The highest BCUT2D eigenvalue weighted by molar-refractivity contribution is 5.93. The minimum Gasteiger partial charge on any atom is -0.508 e. The predicted molar refractivity (Wildman–Crippen MR) is 119 cm³/mol. The smallest absolute Gasteiger partial charge is 0.343 e. The number of nitrogen functional groups attached to an aromatic ring is 1. The van der Waals surface area contributed by atoms with E-state index in [4.69, 9.17) is 10.5 Å². The van der Waals surface area contributed by atoms with Gasteiger partial charge in [0.2, 0.25) is 5.43 Å². The van der Waals surface area contributed by atoms with Crippen molar-refractivity contribution in [3.8, 4) is 5.75 Å². The molecule has 0 spiro atoms. The predicted octanol–water partition coefficient (Wildman–Crippen LogP) is 4.25. The lowest BCUT2D eigenvalue weighted by Crippen LogP contribution is -2.29. The Morgan fingerprint density at radius 2 is 1.77 bits per heavy atom. The van der Waals surface area contributed by atoms with Crippen molar-refractivity contribution < 1.29 is 14.6 Å². The molecule has 0 radical (unpaired) electrons. The average molecular weight is 408 g/mol. The number of anilines is 1. The van der Waals surface area contributed by atoms with Crippen LogP contribution in [0, 0.1) is 0 Å². The number of para-hydroxylation sites is 1.